The molecule has 1 fully saturated rings. The number of hydrogen-bond donors (Lipinski definition) is 2. The molecule has 1 aromatic carbocycles. The summed E-state index contributed by atoms with van der Waals surface area (Å²) in [5.41, 5.74) is -0.427. The molecule has 2 N–H and O–H groups in total. The quantitative estimate of drug-likeness (QED) is 0.744. The van der Waals surface area contributed by atoms with E-state index in [-0.39, 0.29) is 24.3 Å². The molecule has 0 spiro atoms. The van der Waals surface area contributed by atoms with E-state index in [1.807, 2.05) is 0 Å². The molecule has 0 aromatic heterocycles. The number of β-amino-alcohol motifs (C(OH)–C–C–N with tert-alkyl or cyclic N) is 2. The monoisotopic (exact) mass is 240 g/mol. The van der Waals surface area contributed by atoms with Gasteiger partial charge in [0.1, 0.15) is 6.07 Å². The van der Waals surface area contributed by atoms with Crippen molar-refractivity contribution < 1.29 is 19.0 Å². The van der Waals surface area contributed by atoms with E-state index >= 15 is 0 Å². The molecule has 1 aromatic rings. The molecule has 2 unspecified atom stereocenters. The first-order chi connectivity index (χ1) is 8.04. The fourth-order valence-electron chi connectivity index (χ4n) is 1.84. The van der Waals surface area contributed by atoms with E-state index in [9.17, 15) is 19.0 Å². The summed E-state index contributed by atoms with van der Waals surface area (Å²) >= 11 is 0. The minimum atomic E-state index is -1.21. The van der Waals surface area contributed by atoms with Crippen LogP contribution in [-0.4, -0.2) is 35.5 Å². The molecule has 2 rings (SSSR count). The van der Waals surface area contributed by atoms with Crippen LogP contribution in [0.15, 0.2) is 12.1 Å². The molecule has 0 saturated carbocycles. The molecule has 0 aliphatic carbocycles. The molecule has 4 nitrogen and oxygen atoms in total. The Morgan fingerprint density at radius 1 is 1.18 bits per heavy atom. The molecule has 2 atom stereocenters. The molecule has 1 aliphatic heterocycles. The van der Waals surface area contributed by atoms with Crippen LogP contribution in [0.4, 0.5) is 14.5 Å². The minimum absolute atomic E-state index is 0.0312. The number of rotatable bonds is 1. The van der Waals surface area contributed by atoms with Gasteiger partial charge in [0.2, 0.25) is 0 Å². The van der Waals surface area contributed by atoms with E-state index in [1.54, 1.807) is 0 Å². The number of hydrogen-bond acceptors (Lipinski definition) is 4. The van der Waals surface area contributed by atoms with Crippen LogP contribution in [0.2, 0.25) is 0 Å². The summed E-state index contributed by atoms with van der Waals surface area (Å²) in [6, 6.07) is 3.98. The van der Waals surface area contributed by atoms with E-state index in [4.69, 9.17) is 5.26 Å². The second kappa shape index (κ2) is 4.28. The second-order valence-corrected chi connectivity index (χ2v) is 3.91. The van der Waals surface area contributed by atoms with E-state index in [0.717, 1.165) is 0 Å². The Hall–Kier alpha value is -1.71. The zero-order valence-electron chi connectivity index (χ0n) is 8.77. The number of aliphatic hydroxyl groups excluding tert-OH is 2. The summed E-state index contributed by atoms with van der Waals surface area (Å²) in [4.78, 5) is 1.34. The molecular formula is C11H10F2N2O2. The average molecular weight is 240 g/mol. The summed E-state index contributed by atoms with van der Waals surface area (Å²) in [5.74, 6) is -2.34. The largest absolute Gasteiger partial charge is 0.389 e. The summed E-state index contributed by atoms with van der Waals surface area (Å²) < 4.78 is 27.0. The van der Waals surface area contributed by atoms with Gasteiger partial charge in [-0.15, -0.1) is 0 Å². The number of nitrogens with zero attached hydrogens (tertiary/aromatic N) is 2. The van der Waals surface area contributed by atoms with Gasteiger partial charge in [-0.05, 0) is 12.1 Å². The first-order valence-electron chi connectivity index (χ1n) is 5.03. The highest BCUT2D eigenvalue weighted by atomic mass is 19.2. The lowest BCUT2D eigenvalue weighted by Crippen LogP contribution is -2.22. The topological polar surface area (TPSA) is 67.5 Å². The van der Waals surface area contributed by atoms with Crippen molar-refractivity contribution in [3.05, 3.63) is 29.3 Å². The summed E-state index contributed by atoms with van der Waals surface area (Å²) in [6.07, 6.45) is -1.96. The van der Waals surface area contributed by atoms with Crippen molar-refractivity contribution in [1.29, 1.82) is 5.26 Å². The highest BCUT2D eigenvalue weighted by Crippen LogP contribution is 2.27. The van der Waals surface area contributed by atoms with Gasteiger partial charge in [-0.3, -0.25) is 0 Å². The van der Waals surface area contributed by atoms with E-state index in [2.05, 4.69) is 0 Å². The number of halogens is 2. The van der Waals surface area contributed by atoms with Gasteiger partial charge >= 0.3 is 0 Å². The zero-order valence-corrected chi connectivity index (χ0v) is 8.77. The van der Waals surface area contributed by atoms with Crippen LogP contribution in [0.1, 0.15) is 5.56 Å². The third-order valence-electron chi connectivity index (χ3n) is 2.78. The van der Waals surface area contributed by atoms with E-state index < -0.39 is 23.8 Å². The Bertz CT molecular complexity index is 477. The predicted molar refractivity (Wildman–Crippen MR) is 55.3 cm³/mol. The predicted octanol–water partition coefficient (Wildman–Crippen LogP) is 0.378. The summed E-state index contributed by atoms with van der Waals surface area (Å²) in [7, 11) is 0. The summed E-state index contributed by atoms with van der Waals surface area (Å²) in [5, 5.41) is 27.2. The zero-order chi connectivity index (χ0) is 12.6. The van der Waals surface area contributed by atoms with Crippen LogP contribution in [0.3, 0.4) is 0 Å². The Kier molecular flexibility index (Phi) is 2.96. The van der Waals surface area contributed by atoms with Gasteiger partial charge in [0.25, 0.3) is 0 Å². The third kappa shape index (κ3) is 1.95. The normalized spacial score (nSPS) is 23.8. The lowest BCUT2D eigenvalue weighted by Gasteiger charge is -2.18. The van der Waals surface area contributed by atoms with Gasteiger partial charge in [-0.2, -0.15) is 5.26 Å². The maximum Gasteiger partial charge on any atom is 0.183 e. The highest BCUT2D eigenvalue weighted by molar-refractivity contribution is 5.53. The first kappa shape index (κ1) is 11.8. The van der Waals surface area contributed by atoms with Gasteiger partial charge < -0.3 is 15.1 Å². The molecule has 90 valence electrons. The Morgan fingerprint density at radius 3 is 2.29 bits per heavy atom. The fraction of sp³-hybridized carbons (Fsp3) is 0.364. The van der Waals surface area contributed by atoms with Crippen molar-refractivity contribution >= 4 is 5.69 Å². The van der Waals surface area contributed by atoms with E-state index in [0.29, 0.717) is 0 Å². The Morgan fingerprint density at radius 2 is 1.76 bits per heavy atom. The lowest BCUT2D eigenvalue weighted by atomic mass is 10.2. The lowest BCUT2D eigenvalue weighted by molar-refractivity contribution is 0.0572. The Labute approximate surface area is 96.3 Å². The van der Waals surface area contributed by atoms with Crippen molar-refractivity contribution in [3.63, 3.8) is 0 Å². The standard InChI is InChI=1S/C11H10F2N2O2/c12-10-6(3-14)1-2-7(11(10)13)15-4-8(16)9(17)5-15/h1-2,8-9,16-17H,4-5H2. The van der Waals surface area contributed by atoms with E-state index in [1.165, 1.54) is 23.1 Å². The molecule has 0 bridgehead atoms. The SMILES string of the molecule is N#Cc1ccc(N2CC(O)C(O)C2)c(F)c1F. The Balaban J connectivity index is 2.36. The van der Waals surface area contributed by atoms with Gasteiger partial charge in [0, 0.05) is 13.1 Å². The highest BCUT2D eigenvalue weighted by Gasteiger charge is 2.31. The van der Waals surface area contributed by atoms with Crippen molar-refractivity contribution in [2.24, 2.45) is 0 Å². The van der Waals surface area contributed by atoms with Crippen LogP contribution >= 0.6 is 0 Å². The third-order valence-corrected chi connectivity index (χ3v) is 2.78. The smallest absolute Gasteiger partial charge is 0.183 e. The van der Waals surface area contributed by atoms with Crippen LogP contribution in [0, 0.1) is 23.0 Å². The van der Waals surface area contributed by atoms with Crippen LogP contribution in [0.25, 0.3) is 0 Å². The van der Waals surface area contributed by atoms with Crippen LogP contribution in [0.5, 0.6) is 0 Å². The summed E-state index contributed by atoms with van der Waals surface area (Å²) in [6.45, 7) is 0.0624. The number of aliphatic hydroxyl groups is 2. The molecule has 1 heterocycles. The van der Waals surface area contributed by atoms with Gasteiger partial charge in [-0.1, -0.05) is 0 Å². The van der Waals surface area contributed by atoms with Gasteiger partial charge in [0.05, 0.1) is 23.5 Å². The maximum atomic E-state index is 13.6. The van der Waals surface area contributed by atoms with Gasteiger partial charge in [-0.25, -0.2) is 8.78 Å². The molecule has 6 heteroatoms. The molecule has 0 amide bonds. The van der Waals surface area contributed by atoms with Crippen LogP contribution < -0.4 is 4.90 Å². The number of nitriles is 1. The van der Waals surface area contributed by atoms with Crippen molar-refractivity contribution in [2.75, 3.05) is 18.0 Å². The average Bonchev–Trinajstić information content (AvgIpc) is 2.63. The number of anilines is 1. The van der Waals surface area contributed by atoms with Crippen molar-refractivity contribution in [1.82, 2.24) is 0 Å². The molecule has 1 saturated heterocycles. The first-order valence-corrected chi connectivity index (χ1v) is 5.03. The number of benzene rings is 1. The van der Waals surface area contributed by atoms with Crippen molar-refractivity contribution in [3.8, 4) is 6.07 Å². The molecule has 1 aliphatic rings. The van der Waals surface area contributed by atoms with Gasteiger partial charge in [0.15, 0.2) is 11.6 Å². The second-order valence-electron chi connectivity index (χ2n) is 3.91. The van der Waals surface area contributed by atoms with Crippen molar-refractivity contribution in [2.45, 2.75) is 12.2 Å². The molecular weight excluding hydrogens is 230 g/mol. The molecule has 17 heavy (non-hydrogen) atoms. The maximum absolute atomic E-state index is 13.6. The molecule has 0 radical (unpaired) electrons. The fourth-order valence-corrected chi connectivity index (χ4v) is 1.84. The minimum Gasteiger partial charge on any atom is -0.389 e. The van der Waals surface area contributed by atoms with Crippen LogP contribution in [-0.2, 0) is 0 Å².